The molecule has 0 N–H and O–H groups in total. The highest BCUT2D eigenvalue weighted by molar-refractivity contribution is 5.46. The van der Waals surface area contributed by atoms with Crippen molar-refractivity contribution in [3.8, 4) is 6.07 Å². The van der Waals surface area contributed by atoms with E-state index in [1.165, 1.54) is 24.0 Å². The van der Waals surface area contributed by atoms with E-state index >= 15 is 0 Å². The van der Waals surface area contributed by atoms with Gasteiger partial charge in [0.25, 0.3) is 0 Å². The first-order chi connectivity index (χ1) is 16.3. The molecular weight excluding hydrogens is 426 g/mol. The SMILES string of the molecule is CC[C@]1(C#N)CC[C@H]2[C@@H]3CCC4=C(CC(OC(C)OCC(C)C)C5(C4)OCCO5)C3=CC[C@@]21C. The fraction of sp³-hybridized carbons (Fsp3) is 0.828. The number of nitriles is 1. The second-order valence-corrected chi connectivity index (χ2v) is 12.0. The maximum atomic E-state index is 10.2. The Kier molecular flexibility index (Phi) is 6.51. The van der Waals surface area contributed by atoms with E-state index in [1.54, 1.807) is 5.57 Å². The minimum absolute atomic E-state index is 0.0887. The van der Waals surface area contributed by atoms with Gasteiger partial charge in [0.15, 0.2) is 12.1 Å². The van der Waals surface area contributed by atoms with Crippen LogP contribution in [0.5, 0.6) is 0 Å². The first-order valence-electron chi connectivity index (χ1n) is 13.6. The monoisotopic (exact) mass is 469 g/mol. The molecule has 0 amide bonds. The van der Waals surface area contributed by atoms with Crippen LogP contribution in [0.2, 0.25) is 0 Å². The molecule has 34 heavy (non-hydrogen) atoms. The van der Waals surface area contributed by atoms with Gasteiger partial charge in [-0.15, -0.1) is 0 Å². The van der Waals surface area contributed by atoms with Crippen LogP contribution >= 0.6 is 0 Å². The standard InChI is InChI=1S/C29H43NO4/c1-6-28(18-30)12-10-25-23-8-7-21-16-29(32-13-14-33-29)26(34-20(4)31-17-19(2)3)15-24(21)22(23)9-11-27(25,28)5/h9,19-20,23,25-26H,6-8,10-17H2,1-5H3/t20?,23-,25+,26?,27+,28-/m1/s1. The van der Waals surface area contributed by atoms with Crippen LogP contribution in [0.3, 0.4) is 0 Å². The van der Waals surface area contributed by atoms with Gasteiger partial charge in [0.05, 0.1) is 31.3 Å². The average molecular weight is 470 g/mol. The van der Waals surface area contributed by atoms with Gasteiger partial charge in [-0.25, -0.2) is 0 Å². The number of hydrogen-bond acceptors (Lipinski definition) is 5. The maximum absolute atomic E-state index is 10.2. The molecule has 5 rings (SSSR count). The molecule has 1 aliphatic heterocycles. The highest BCUT2D eigenvalue weighted by Gasteiger charge is 2.61. The Morgan fingerprint density at radius 3 is 2.65 bits per heavy atom. The summed E-state index contributed by atoms with van der Waals surface area (Å²) < 4.78 is 25.0. The van der Waals surface area contributed by atoms with Crippen LogP contribution in [0.15, 0.2) is 22.8 Å². The fourth-order valence-corrected chi connectivity index (χ4v) is 7.99. The molecule has 5 heteroatoms. The van der Waals surface area contributed by atoms with Crippen LogP contribution in [-0.4, -0.2) is 38.0 Å². The Morgan fingerprint density at radius 2 is 1.97 bits per heavy atom. The Labute approximate surface area is 205 Å². The van der Waals surface area contributed by atoms with Gasteiger partial charge in [0.2, 0.25) is 0 Å². The molecule has 0 aromatic heterocycles. The molecule has 1 heterocycles. The predicted octanol–water partition coefficient (Wildman–Crippen LogP) is 6.30. The third-order valence-corrected chi connectivity index (χ3v) is 9.91. The summed E-state index contributed by atoms with van der Waals surface area (Å²) in [5.74, 6) is 0.962. The van der Waals surface area contributed by atoms with Crippen molar-refractivity contribution in [3.63, 3.8) is 0 Å². The lowest BCUT2D eigenvalue weighted by atomic mass is 9.53. The summed E-state index contributed by atoms with van der Waals surface area (Å²) in [6.45, 7) is 12.9. The number of ether oxygens (including phenoxy) is 4. The molecule has 1 saturated heterocycles. The maximum Gasteiger partial charge on any atom is 0.199 e. The summed E-state index contributed by atoms with van der Waals surface area (Å²) in [6.07, 6.45) is 10.2. The molecule has 0 aromatic rings. The van der Waals surface area contributed by atoms with Crippen molar-refractivity contribution >= 4 is 0 Å². The predicted molar refractivity (Wildman–Crippen MR) is 131 cm³/mol. The van der Waals surface area contributed by atoms with Crippen LogP contribution in [0.4, 0.5) is 0 Å². The molecule has 4 aliphatic carbocycles. The smallest absolute Gasteiger partial charge is 0.199 e. The minimum Gasteiger partial charge on any atom is -0.353 e. The Hall–Kier alpha value is -1.19. The van der Waals surface area contributed by atoms with Crippen molar-refractivity contribution in [2.24, 2.45) is 28.6 Å². The molecular formula is C29H43NO4. The molecule has 5 aliphatic rings. The summed E-state index contributed by atoms with van der Waals surface area (Å²) >= 11 is 0. The summed E-state index contributed by atoms with van der Waals surface area (Å²) in [5, 5.41) is 10.2. The minimum atomic E-state index is -0.670. The van der Waals surface area contributed by atoms with Gasteiger partial charge >= 0.3 is 0 Å². The molecule has 5 nitrogen and oxygen atoms in total. The van der Waals surface area contributed by atoms with Crippen LogP contribution in [0, 0.1) is 39.9 Å². The quantitative estimate of drug-likeness (QED) is 0.427. The van der Waals surface area contributed by atoms with Gasteiger partial charge in [-0.1, -0.05) is 39.3 Å². The molecule has 188 valence electrons. The van der Waals surface area contributed by atoms with E-state index in [4.69, 9.17) is 18.9 Å². The molecule has 1 saturated carbocycles. The van der Waals surface area contributed by atoms with Crippen LogP contribution in [0.1, 0.15) is 86.0 Å². The van der Waals surface area contributed by atoms with E-state index in [2.05, 4.69) is 39.8 Å². The van der Waals surface area contributed by atoms with E-state index in [1.807, 2.05) is 6.92 Å². The van der Waals surface area contributed by atoms with Crippen LogP contribution < -0.4 is 0 Å². The number of rotatable bonds is 6. The normalized spacial score (nSPS) is 39.4. The molecule has 1 spiro atoms. The van der Waals surface area contributed by atoms with Gasteiger partial charge in [-0.2, -0.15) is 5.26 Å². The molecule has 0 aromatic carbocycles. The largest absolute Gasteiger partial charge is 0.353 e. The zero-order valence-electron chi connectivity index (χ0n) is 21.8. The summed E-state index contributed by atoms with van der Waals surface area (Å²) in [4.78, 5) is 0. The lowest BCUT2D eigenvalue weighted by molar-refractivity contribution is -0.277. The molecule has 0 radical (unpaired) electrons. The Bertz CT molecular complexity index is 894. The lowest BCUT2D eigenvalue weighted by Crippen LogP contribution is -2.51. The number of fused-ring (bicyclic) bond motifs is 4. The Balaban J connectivity index is 1.42. The first kappa shape index (κ1) is 24.5. The first-order valence-corrected chi connectivity index (χ1v) is 13.6. The van der Waals surface area contributed by atoms with Gasteiger partial charge in [0.1, 0.15) is 6.10 Å². The topological polar surface area (TPSA) is 60.7 Å². The zero-order valence-corrected chi connectivity index (χ0v) is 21.8. The zero-order chi connectivity index (χ0) is 24.1. The fourth-order valence-electron chi connectivity index (χ4n) is 7.99. The van der Waals surface area contributed by atoms with E-state index in [9.17, 15) is 5.26 Å². The Morgan fingerprint density at radius 1 is 1.21 bits per heavy atom. The van der Waals surface area contributed by atoms with Gasteiger partial charge < -0.3 is 18.9 Å². The van der Waals surface area contributed by atoms with Gasteiger partial charge in [-0.3, -0.25) is 0 Å². The van der Waals surface area contributed by atoms with Gasteiger partial charge in [-0.05, 0) is 79.8 Å². The highest BCUT2D eigenvalue weighted by atomic mass is 16.8. The average Bonchev–Trinajstić information content (AvgIpc) is 3.40. The highest BCUT2D eigenvalue weighted by Crippen LogP contribution is 2.67. The van der Waals surface area contributed by atoms with Crippen molar-refractivity contribution < 1.29 is 18.9 Å². The van der Waals surface area contributed by atoms with E-state index < -0.39 is 5.79 Å². The third-order valence-electron chi connectivity index (χ3n) is 9.91. The lowest BCUT2D eigenvalue weighted by Gasteiger charge is -2.51. The van der Waals surface area contributed by atoms with E-state index in [0.29, 0.717) is 37.6 Å². The van der Waals surface area contributed by atoms with Crippen molar-refractivity contribution in [1.82, 2.24) is 0 Å². The molecule has 2 fully saturated rings. The van der Waals surface area contributed by atoms with Crippen molar-refractivity contribution in [1.29, 1.82) is 5.26 Å². The number of allylic oxidation sites excluding steroid dienone is 2. The summed E-state index contributed by atoms with van der Waals surface area (Å²) in [7, 11) is 0. The van der Waals surface area contributed by atoms with Crippen molar-refractivity contribution in [3.05, 3.63) is 22.8 Å². The second kappa shape index (κ2) is 9.04. The number of nitrogens with zero attached hydrogens (tertiary/aromatic N) is 1. The number of hydrogen-bond donors (Lipinski definition) is 0. The summed E-state index contributed by atoms with van der Waals surface area (Å²) in [6, 6.07) is 2.79. The van der Waals surface area contributed by atoms with E-state index in [-0.39, 0.29) is 23.2 Å². The van der Waals surface area contributed by atoms with Crippen LogP contribution in [0.25, 0.3) is 0 Å². The summed E-state index contributed by atoms with van der Waals surface area (Å²) in [5.41, 5.74) is 4.46. The van der Waals surface area contributed by atoms with Crippen molar-refractivity contribution in [2.45, 2.75) is 104 Å². The molecule has 2 unspecified atom stereocenters. The second-order valence-electron chi connectivity index (χ2n) is 12.0. The molecule has 0 bridgehead atoms. The van der Waals surface area contributed by atoms with Crippen molar-refractivity contribution in [2.75, 3.05) is 19.8 Å². The van der Waals surface area contributed by atoms with Gasteiger partial charge in [0, 0.05) is 12.8 Å². The van der Waals surface area contributed by atoms with E-state index in [0.717, 1.165) is 38.5 Å². The van der Waals surface area contributed by atoms with Crippen LogP contribution in [-0.2, 0) is 18.9 Å². The third kappa shape index (κ3) is 3.72. The molecule has 6 atom stereocenters.